The van der Waals surface area contributed by atoms with Gasteiger partial charge >= 0.3 is 0 Å². The van der Waals surface area contributed by atoms with Crippen molar-refractivity contribution in [1.82, 2.24) is 4.57 Å². The Morgan fingerprint density at radius 3 is 2.77 bits per heavy atom. The number of hydrogen-bond donors (Lipinski definition) is 0. The fraction of sp³-hybridized carbons (Fsp3) is 0.333. The lowest BCUT2D eigenvalue weighted by Gasteiger charge is -2.01. The van der Waals surface area contributed by atoms with Gasteiger partial charge in [0.2, 0.25) is 0 Å². The van der Waals surface area contributed by atoms with Gasteiger partial charge in [0.05, 0.1) is 0 Å². The predicted molar refractivity (Wildman–Crippen MR) is 57.0 cm³/mol. The quantitative estimate of drug-likeness (QED) is 0.624. The average molecular weight is 173 g/mol. The summed E-state index contributed by atoms with van der Waals surface area (Å²) >= 11 is 0. The Kier molecular flexibility index (Phi) is 1.87. The minimum Gasteiger partial charge on any atom is -0.350 e. The summed E-state index contributed by atoms with van der Waals surface area (Å²) in [4.78, 5) is 0. The SMILES string of the molecule is CCc1cccc2c1c(C)cn2C. The van der Waals surface area contributed by atoms with Gasteiger partial charge < -0.3 is 4.57 Å². The monoisotopic (exact) mass is 173 g/mol. The number of nitrogens with zero attached hydrogens (tertiary/aromatic N) is 1. The van der Waals surface area contributed by atoms with Crippen molar-refractivity contribution >= 4 is 10.9 Å². The number of rotatable bonds is 1. The maximum Gasteiger partial charge on any atom is 0.0483 e. The van der Waals surface area contributed by atoms with E-state index in [1.807, 2.05) is 0 Å². The third-order valence-corrected chi connectivity index (χ3v) is 2.67. The van der Waals surface area contributed by atoms with Crippen LogP contribution in [0.1, 0.15) is 18.1 Å². The first-order valence-corrected chi connectivity index (χ1v) is 4.77. The largest absolute Gasteiger partial charge is 0.350 e. The molecule has 1 heterocycles. The molecule has 0 atom stereocenters. The molecule has 13 heavy (non-hydrogen) atoms. The molecule has 0 amide bonds. The molecule has 0 aliphatic carbocycles. The standard InChI is InChI=1S/C12H15N/c1-4-10-6-5-7-11-12(10)9(2)8-13(11)3/h5-8H,4H2,1-3H3. The summed E-state index contributed by atoms with van der Waals surface area (Å²) in [5.74, 6) is 0. The normalized spacial score (nSPS) is 11.0. The lowest BCUT2D eigenvalue weighted by atomic mass is 10.1. The van der Waals surface area contributed by atoms with Crippen molar-refractivity contribution in [1.29, 1.82) is 0 Å². The van der Waals surface area contributed by atoms with Crippen LogP contribution in [0.25, 0.3) is 10.9 Å². The fourth-order valence-corrected chi connectivity index (χ4v) is 2.05. The first kappa shape index (κ1) is 8.36. The van der Waals surface area contributed by atoms with E-state index in [1.54, 1.807) is 0 Å². The minimum absolute atomic E-state index is 1.11. The molecule has 0 saturated carbocycles. The highest BCUT2D eigenvalue weighted by atomic mass is 14.9. The third-order valence-electron chi connectivity index (χ3n) is 2.67. The molecule has 68 valence electrons. The molecule has 1 aromatic heterocycles. The molecule has 0 fully saturated rings. The lowest BCUT2D eigenvalue weighted by molar-refractivity contribution is 0.963. The van der Waals surface area contributed by atoms with Gasteiger partial charge in [-0.25, -0.2) is 0 Å². The molecule has 0 bridgehead atoms. The van der Waals surface area contributed by atoms with E-state index in [0.29, 0.717) is 0 Å². The zero-order chi connectivity index (χ0) is 9.42. The Morgan fingerprint density at radius 2 is 2.08 bits per heavy atom. The Morgan fingerprint density at radius 1 is 1.31 bits per heavy atom. The first-order chi connectivity index (χ1) is 6.24. The summed E-state index contributed by atoms with van der Waals surface area (Å²) in [5.41, 5.74) is 4.18. The van der Waals surface area contributed by atoms with Gasteiger partial charge in [0.15, 0.2) is 0 Å². The second-order valence-electron chi connectivity index (χ2n) is 3.59. The van der Waals surface area contributed by atoms with Crippen LogP contribution in [0.4, 0.5) is 0 Å². The van der Waals surface area contributed by atoms with Crippen LogP contribution >= 0.6 is 0 Å². The number of hydrogen-bond acceptors (Lipinski definition) is 0. The number of aryl methyl sites for hydroxylation is 3. The van der Waals surface area contributed by atoms with Gasteiger partial charge in [-0.05, 0) is 30.5 Å². The van der Waals surface area contributed by atoms with E-state index in [-0.39, 0.29) is 0 Å². The van der Waals surface area contributed by atoms with Crippen LogP contribution in [0.2, 0.25) is 0 Å². The topological polar surface area (TPSA) is 4.93 Å². The van der Waals surface area contributed by atoms with Gasteiger partial charge in [0.1, 0.15) is 0 Å². The first-order valence-electron chi connectivity index (χ1n) is 4.77. The summed E-state index contributed by atoms with van der Waals surface area (Å²) in [5, 5.41) is 1.44. The summed E-state index contributed by atoms with van der Waals surface area (Å²) < 4.78 is 2.20. The van der Waals surface area contributed by atoms with Crippen molar-refractivity contribution in [2.24, 2.45) is 7.05 Å². The molecule has 0 aliphatic heterocycles. The Hall–Kier alpha value is -1.24. The van der Waals surface area contributed by atoms with Gasteiger partial charge in [0, 0.05) is 24.1 Å². The molecule has 1 nitrogen and oxygen atoms in total. The molecule has 2 aromatic rings. The van der Waals surface area contributed by atoms with Crippen molar-refractivity contribution in [3.8, 4) is 0 Å². The molecule has 0 N–H and O–H groups in total. The van der Waals surface area contributed by atoms with E-state index in [0.717, 1.165) is 6.42 Å². The molecular formula is C12H15N. The Bertz CT molecular complexity index is 438. The molecule has 1 heteroatoms. The van der Waals surface area contributed by atoms with Crippen LogP contribution < -0.4 is 0 Å². The summed E-state index contributed by atoms with van der Waals surface area (Å²) in [7, 11) is 2.11. The molecule has 0 spiro atoms. The van der Waals surface area contributed by atoms with E-state index in [9.17, 15) is 0 Å². The average Bonchev–Trinajstić information content (AvgIpc) is 2.43. The van der Waals surface area contributed by atoms with Crippen molar-refractivity contribution in [2.45, 2.75) is 20.3 Å². The van der Waals surface area contributed by atoms with Crippen molar-refractivity contribution in [3.05, 3.63) is 35.5 Å². The highest BCUT2D eigenvalue weighted by Gasteiger charge is 2.05. The van der Waals surface area contributed by atoms with Gasteiger partial charge in [-0.3, -0.25) is 0 Å². The molecule has 2 rings (SSSR count). The van der Waals surface area contributed by atoms with Gasteiger partial charge in [-0.15, -0.1) is 0 Å². The Labute approximate surface area is 79.0 Å². The summed E-state index contributed by atoms with van der Waals surface area (Å²) in [6, 6.07) is 6.54. The van der Waals surface area contributed by atoms with Crippen molar-refractivity contribution in [2.75, 3.05) is 0 Å². The predicted octanol–water partition coefficient (Wildman–Crippen LogP) is 3.05. The van der Waals surface area contributed by atoms with Crippen LogP contribution in [0.3, 0.4) is 0 Å². The number of benzene rings is 1. The van der Waals surface area contributed by atoms with Crippen molar-refractivity contribution in [3.63, 3.8) is 0 Å². The van der Waals surface area contributed by atoms with Gasteiger partial charge in [-0.1, -0.05) is 19.1 Å². The third kappa shape index (κ3) is 1.15. The van der Waals surface area contributed by atoms with Gasteiger partial charge in [-0.2, -0.15) is 0 Å². The minimum atomic E-state index is 1.11. The number of fused-ring (bicyclic) bond motifs is 1. The second kappa shape index (κ2) is 2.91. The van der Waals surface area contributed by atoms with E-state index < -0.39 is 0 Å². The summed E-state index contributed by atoms with van der Waals surface area (Å²) in [6.07, 6.45) is 3.31. The molecule has 0 radical (unpaired) electrons. The second-order valence-corrected chi connectivity index (χ2v) is 3.59. The molecule has 1 aromatic carbocycles. The zero-order valence-electron chi connectivity index (χ0n) is 8.46. The van der Waals surface area contributed by atoms with Crippen molar-refractivity contribution < 1.29 is 0 Å². The Balaban J connectivity index is 2.88. The van der Waals surface area contributed by atoms with Crippen LogP contribution in [0.15, 0.2) is 24.4 Å². The van der Waals surface area contributed by atoms with Crippen LogP contribution in [0.5, 0.6) is 0 Å². The maximum absolute atomic E-state index is 2.22. The van der Waals surface area contributed by atoms with Crippen LogP contribution in [-0.2, 0) is 13.5 Å². The van der Waals surface area contributed by atoms with E-state index in [2.05, 4.69) is 49.9 Å². The van der Waals surface area contributed by atoms with Crippen LogP contribution in [-0.4, -0.2) is 4.57 Å². The fourth-order valence-electron chi connectivity index (χ4n) is 2.05. The molecule has 0 saturated heterocycles. The number of aromatic nitrogens is 1. The van der Waals surface area contributed by atoms with E-state index in [4.69, 9.17) is 0 Å². The molecule has 0 aliphatic rings. The maximum atomic E-state index is 2.22. The lowest BCUT2D eigenvalue weighted by Crippen LogP contribution is -1.85. The highest BCUT2D eigenvalue weighted by molar-refractivity contribution is 5.87. The van der Waals surface area contributed by atoms with Gasteiger partial charge in [0.25, 0.3) is 0 Å². The summed E-state index contributed by atoms with van der Waals surface area (Å²) in [6.45, 7) is 4.39. The molecular weight excluding hydrogens is 158 g/mol. The highest BCUT2D eigenvalue weighted by Crippen LogP contribution is 2.23. The zero-order valence-corrected chi connectivity index (χ0v) is 8.46. The van der Waals surface area contributed by atoms with E-state index in [1.165, 1.54) is 22.0 Å². The van der Waals surface area contributed by atoms with E-state index >= 15 is 0 Å². The van der Waals surface area contributed by atoms with Crippen LogP contribution in [0, 0.1) is 6.92 Å². The smallest absolute Gasteiger partial charge is 0.0483 e. The molecule has 0 unspecified atom stereocenters.